The van der Waals surface area contributed by atoms with Gasteiger partial charge in [-0.25, -0.2) is 22.3 Å². The Bertz CT molecular complexity index is 600. The van der Waals surface area contributed by atoms with E-state index in [-0.39, 0.29) is 23.6 Å². The maximum absolute atomic E-state index is 13.6. The zero-order valence-corrected chi connectivity index (χ0v) is 12.0. The van der Waals surface area contributed by atoms with Crippen molar-refractivity contribution in [2.24, 2.45) is 0 Å². The average molecular weight is 305 g/mol. The van der Waals surface area contributed by atoms with E-state index in [0.717, 1.165) is 12.1 Å². The molecule has 0 radical (unpaired) electrons. The Hall–Kier alpha value is -1.51. The van der Waals surface area contributed by atoms with Crippen molar-refractivity contribution in [2.75, 3.05) is 19.8 Å². The molecule has 6 nitrogen and oxygen atoms in total. The molecule has 8 heteroatoms. The maximum Gasteiger partial charge on any atom is 0.338 e. The lowest BCUT2D eigenvalue weighted by Crippen LogP contribution is -2.28. The summed E-state index contributed by atoms with van der Waals surface area (Å²) in [6, 6.07) is 1.89. The van der Waals surface area contributed by atoms with Gasteiger partial charge in [-0.1, -0.05) is 0 Å². The molecule has 112 valence electrons. The molecule has 0 aliphatic heterocycles. The number of hydrogen-bond acceptors (Lipinski definition) is 4. The minimum absolute atomic E-state index is 0.0462. The number of halogens is 1. The molecule has 0 unspecified atom stereocenters. The summed E-state index contributed by atoms with van der Waals surface area (Å²) in [6.07, 6.45) is 0. The van der Waals surface area contributed by atoms with Crippen LogP contribution in [-0.2, 0) is 14.8 Å². The molecule has 2 N–H and O–H groups in total. The lowest BCUT2D eigenvalue weighted by molar-refractivity contribution is 0.0691. The summed E-state index contributed by atoms with van der Waals surface area (Å²) in [5.74, 6) is -2.46. The van der Waals surface area contributed by atoms with Crippen molar-refractivity contribution in [1.29, 1.82) is 0 Å². The third-order valence-corrected chi connectivity index (χ3v) is 3.95. The Morgan fingerprint density at radius 3 is 2.65 bits per heavy atom. The zero-order chi connectivity index (χ0) is 15.3. The molecular formula is C12H16FNO5S. The number of hydrogen-bond donors (Lipinski definition) is 2. The number of sulfonamides is 1. The summed E-state index contributed by atoms with van der Waals surface area (Å²) >= 11 is 0. The summed E-state index contributed by atoms with van der Waals surface area (Å²) in [5, 5.41) is 8.85. The standard InChI is InChI=1S/C12H16FNO5S/c1-3-19-5-4-14-20(17,18)9-6-8(2)11(13)10(7-9)12(15)16/h6-7,14H,3-5H2,1-2H3,(H,15,16). The van der Waals surface area contributed by atoms with Crippen LogP contribution in [0.1, 0.15) is 22.8 Å². The number of rotatable bonds is 7. The van der Waals surface area contributed by atoms with Gasteiger partial charge in [-0.2, -0.15) is 0 Å². The predicted molar refractivity (Wildman–Crippen MR) is 69.8 cm³/mol. The lowest BCUT2D eigenvalue weighted by Gasteiger charge is -2.09. The maximum atomic E-state index is 13.6. The molecule has 0 bridgehead atoms. The first-order chi connectivity index (χ1) is 9.29. The smallest absolute Gasteiger partial charge is 0.338 e. The van der Waals surface area contributed by atoms with Gasteiger partial charge >= 0.3 is 5.97 Å². The molecule has 0 heterocycles. The normalized spacial score (nSPS) is 11.6. The van der Waals surface area contributed by atoms with Crippen LogP contribution in [0.25, 0.3) is 0 Å². The lowest BCUT2D eigenvalue weighted by atomic mass is 10.1. The minimum atomic E-state index is -3.90. The fourth-order valence-corrected chi connectivity index (χ4v) is 2.65. The average Bonchev–Trinajstić information content (AvgIpc) is 2.37. The van der Waals surface area contributed by atoms with Crippen molar-refractivity contribution >= 4 is 16.0 Å². The van der Waals surface area contributed by atoms with E-state index >= 15 is 0 Å². The van der Waals surface area contributed by atoms with Crippen LogP contribution in [-0.4, -0.2) is 39.3 Å². The third-order valence-electron chi connectivity index (χ3n) is 2.51. The molecule has 0 saturated carbocycles. The molecule has 1 aromatic rings. The van der Waals surface area contributed by atoms with Crippen molar-refractivity contribution in [2.45, 2.75) is 18.7 Å². The summed E-state index contributed by atoms with van der Waals surface area (Å²) in [5.41, 5.74) is -0.717. The second kappa shape index (κ2) is 6.78. The predicted octanol–water partition coefficient (Wildman–Crippen LogP) is 1.15. The van der Waals surface area contributed by atoms with Gasteiger partial charge in [0, 0.05) is 13.2 Å². The van der Waals surface area contributed by atoms with Gasteiger partial charge in [0.15, 0.2) is 0 Å². The van der Waals surface area contributed by atoms with E-state index < -0.39 is 27.4 Å². The number of benzene rings is 1. The molecule has 0 atom stereocenters. The fraction of sp³-hybridized carbons (Fsp3) is 0.417. The van der Waals surface area contributed by atoms with Crippen molar-refractivity contribution in [3.8, 4) is 0 Å². The number of ether oxygens (including phenoxy) is 1. The van der Waals surface area contributed by atoms with E-state index in [4.69, 9.17) is 9.84 Å². The number of carboxylic acids is 1. The SMILES string of the molecule is CCOCCNS(=O)(=O)c1cc(C)c(F)c(C(=O)O)c1. The second-order valence-electron chi connectivity index (χ2n) is 4.00. The number of aromatic carboxylic acids is 1. The van der Waals surface area contributed by atoms with Crippen LogP contribution in [0.15, 0.2) is 17.0 Å². The first-order valence-electron chi connectivity index (χ1n) is 5.90. The number of aryl methyl sites for hydroxylation is 1. The molecule has 0 fully saturated rings. The van der Waals surface area contributed by atoms with Gasteiger partial charge < -0.3 is 9.84 Å². The Balaban J connectivity index is 3.04. The van der Waals surface area contributed by atoms with Crippen LogP contribution < -0.4 is 4.72 Å². The topological polar surface area (TPSA) is 92.7 Å². The van der Waals surface area contributed by atoms with Crippen LogP contribution in [0.2, 0.25) is 0 Å². The Morgan fingerprint density at radius 2 is 2.10 bits per heavy atom. The summed E-state index contributed by atoms with van der Waals surface area (Å²) in [6.45, 7) is 3.79. The Morgan fingerprint density at radius 1 is 1.45 bits per heavy atom. The minimum Gasteiger partial charge on any atom is -0.478 e. The quantitative estimate of drug-likeness (QED) is 0.737. The van der Waals surface area contributed by atoms with Crippen molar-refractivity contribution in [3.05, 3.63) is 29.1 Å². The summed E-state index contributed by atoms with van der Waals surface area (Å²) < 4.78 is 44.7. The van der Waals surface area contributed by atoms with Gasteiger partial charge in [-0.15, -0.1) is 0 Å². The van der Waals surface area contributed by atoms with Gasteiger partial charge in [-0.05, 0) is 31.5 Å². The first-order valence-corrected chi connectivity index (χ1v) is 7.38. The highest BCUT2D eigenvalue weighted by molar-refractivity contribution is 7.89. The third kappa shape index (κ3) is 3.99. The largest absolute Gasteiger partial charge is 0.478 e. The molecule has 0 aromatic heterocycles. The summed E-state index contributed by atoms with van der Waals surface area (Å²) in [4.78, 5) is 10.6. The molecule has 0 aliphatic carbocycles. The van der Waals surface area contributed by atoms with Crippen LogP contribution >= 0.6 is 0 Å². The number of nitrogens with one attached hydrogen (secondary N) is 1. The Labute approximate surface area is 116 Å². The van der Waals surface area contributed by atoms with Gasteiger partial charge in [0.05, 0.1) is 17.1 Å². The highest BCUT2D eigenvalue weighted by atomic mass is 32.2. The van der Waals surface area contributed by atoms with Gasteiger partial charge in [0.25, 0.3) is 0 Å². The Kier molecular flexibility index (Phi) is 5.61. The van der Waals surface area contributed by atoms with Gasteiger partial charge in [0.2, 0.25) is 10.0 Å². The van der Waals surface area contributed by atoms with E-state index in [9.17, 15) is 17.6 Å². The van der Waals surface area contributed by atoms with Crippen molar-refractivity contribution < 1.29 is 27.4 Å². The van der Waals surface area contributed by atoms with E-state index in [1.54, 1.807) is 6.92 Å². The van der Waals surface area contributed by atoms with Crippen LogP contribution in [0.4, 0.5) is 4.39 Å². The molecule has 0 amide bonds. The second-order valence-corrected chi connectivity index (χ2v) is 5.77. The molecular weight excluding hydrogens is 289 g/mol. The number of carboxylic acid groups (broad SMARTS) is 1. The summed E-state index contributed by atoms with van der Waals surface area (Å²) in [7, 11) is -3.90. The fourth-order valence-electron chi connectivity index (χ4n) is 1.52. The van der Waals surface area contributed by atoms with E-state index in [1.807, 2.05) is 0 Å². The van der Waals surface area contributed by atoms with E-state index in [0.29, 0.717) is 6.61 Å². The highest BCUT2D eigenvalue weighted by Crippen LogP contribution is 2.19. The van der Waals surface area contributed by atoms with Crippen LogP contribution in [0.3, 0.4) is 0 Å². The van der Waals surface area contributed by atoms with Crippen LogP contribution in [0, 0.1) is 12.7 Å². The molecule has 1 aromatic carbocycles. The zero-order valence-electron chi connectivity index (χ0n) is 11.1. The van der Waals surface area contributed by atoms with E-state index in [1.165, 1.54) is 6.92 Å². The monoisotopic (exact) mass is 305 g/mol. The van der Waals surface area contributed by atoms with Crippen molar-refractivity contribution in [1.82, 2.24) is 4.72 Å². The molecule has 0 spiro atoms. The van der Waals surface area contributed by atoms with Crippen LogP contribution in [0.5, 0.6) is 0 Å². The van der Waals surface area contributed by atoms with Crippen molar-refractivity contribution in [3.63, 3.8) is 0 Å². The highest BCUT2D eigenvalue weighted by Gasteiger charge is 2.20. The number of carbonyl (C=O) groups is 1. The molecule has 1 rings (SSSR count). The molecule has 20 heavy (non-hydrogen) atoms. The molecule has 0 aliphatic rings. The van der Waals surface area contributed by atoms with E-state index in [2.05, 4.69) is 4.72 Å². The van der Waals surface area contributed by atoms with Gasteiger partial charge in [-0.3, -0.25) is 0 Å². The first kappa shape index (κ1) is 16.5. The van der Waals surface area contributed by atoms with Gasteiger partial charge in [0.1, 0.15) is 5.82 Å². The molecule has 0 saturated heterocycles.